The van der Waals surface area contributed by atoms with Crippen LogP contribution in [0.25, 0.3) is 22.6 Å². The second kappa shape index (κ2) is 9.36. The van der Waals surface area contributed by atoms with E-state index in [1.54, 1.807) is 12.1 Å². The van der Waals surface area contributed by atoms with Gasteiger partial charge in [-0.3, -0.25) is 4.79 Å². The van der Waals surface area contributed by atoms with Crippen molar-refractivity contribution >= 4 is 11.6 Å². The van der Waals surface area contributed by atoms with Crippen molar-refractivity contribution in [3.63, 3.8) is 0 Å². The number of halogens is 1. The smallest absolute Gasteiger partial charge is 0.226 e. The van der Waals surface area contributed by atoms with Gasteiger partial charge in [0.25, 0.3) is 0 Å². The second-order valence-electron chi connectivity index (χ2n) is 8.19. The van der Waals surface area contributed by atoms with E-state index in [2.05, 4.69) is 26.2 Å². The van der Waals surface area contributed by atoms with Gasteiger partial charge in [0.1, 0.15) is 11.6 Å². The van der Waals surface area contributed by atoms with Gasteiger partial charge in [-0.1, -0.05) is 17.3 Å². The van der Waals surface area contributed by atoms with Gasteiger partial charge >= 0.3 is 0 Å². The Kier molecular flexibility index (Phi) is 5.97. The SMILES string of the molecule is O=C(CCCc1nc(-c2ccc(F)cc2)no1)Nc1ccc(-c2cn3c(n2)CCCC3)cc1. The number of anilines is 1. The lowest BCUT2D eigenvalue weighted by Crippen LogP contribution is -2.11. The van der Waals surface area contributed by atoms with E-state index in [9.17, 15) is 9.18 Å². The Morgan fingerprint density at radius 3 is 2.61 bits per heavy atom. The van der Waals surface area contributed by atoms with Gasteiger partial charge < -0.3 is 14.4 Å². The van der Waals surface area contributed by atoms with E-state index in [0.29, 0.717) is 36.5 Å². The molecule has 1 amide bonds. The van der Waals surface area contributed by atoms with Crippen LogP contribution in [0.15, 0.2) is 59.3 Å². The van der Waals surface area contributed by atoms with Gasteiger partial charge in [-0.15, -0.1) is 0 Å². The fraction of sp³-hybridized carbons (Fsp3) is 0.280. The van der Waals surface area contributed by atoms with Gasteiger partial charge in [0.05, 0.1) is 5.69 Å². The maximum Gasteiger partial charge on any atom is 0.226 e. The molecule has 0 fully saturated rings. The quantitative estimate of drug-likeness (QED) is 0.431. The van der Waals surface area contributed by atoms with Crippen molar-refractivity contribution in [1.82, 2.24) is 19.7 Å². The van der Waals surface area contributed by atoms with Gasteiger partial charge in [-0.2, -0.15) is 4.98 Å². The Hall–Kier alpha value is -3.81. The van der Waals surface area contributed by atoms with Crippen LogP contribution in [0.5, 0.6) is 0 Å². The molecule has 0 radical (unpaired) electrons. The molecule has 33 heavy (non-hydrogen) atoms. The fourth-order valence-electron chi connectivity index (χ4n) is 3.97. The van der Waals surface area contributed by atoms with Crippen LogP contribution in [0.3, 0.4) is 0 Å². The molecule has 4 aromatic rings. The summed E-state index contributed by atoms with van der Waals surface area (Å²) in [6.45, 7) is 1.04. The highest BCUT2D eigenvalue weighted by molar-refractivity contribution is 5.90. The number of rotatable bonds is 7. The van der Waals surface area contributed by atoms with Crippen LogP contribution in [0, 0.1) is 5.82 Å². The number of carbonyl (C=O) groups is 1. The lowest BCUT2D eigenvalue weighted by molar-refractivity contribution is -0.116. The Balaban J connectivity index is 1.11. The number of nitrogens with zero attached hydrogens (tertiary/aromatic N) is 4. The van der Waals surface area contributed by atoms with Crippen molar-refractivity contribution in [2.75, 3.05) is 5.32 Å². The van der Waals surface area contributed by atoms with E-state index in [-0.39, 0.29) is 11.7 Å². The molecule has 0 atom stereocenters. The van der Waals surface area contributed by atoms with Crippen LogP contribution in [-0.2, 0) is 24.2 Å². The van der Waals surface area contributed by atoms with E-state index in [0.717, 1.165) is 35.7 Å². The van der Waals surface area contributed by atoms with Gasteiger partial charge in [0, 0.05) is 48.8 Å². The van der Waals surface area contributed by atoms with E-state index in [1.807, 2.05) is 24.3 Å². The molecule has 3 heterocycles. The van der Waals surface area contributed by atoms with Crippen LogP contribution >= 0.6 is 0 Å². The minimum absolute atomic E-state index is 0.0709. The third-order valence-electron chi connectivity index (χ3n) is 5.74. The summed E-state index contributed by atoms with van der Waals surface area (Å²) < 4.78 is 20.5. The minimum atomic E-state index is -0.316. The minimum Gasteiger partial charge on any atom is -0.339 e. The Morgan fingerprint density at radius 2 is 1.82 bits per heavy atom. The number of aromatic nitrogens is 4. The average Bonchev–Trinajstić information content (AvgIpc) is 3.47. The summed E-state index contributed by atoms with van der Waals surface area (Å²) in [5.74, 6) is 1.63. The summed E-state index contributed by atoms with van der Waals surface area (Å²) >= 11 is 0. The molecule has 0 unspecified atom stereocenters. The number of hydrogen-bond donors (Lipinski definition) is 1. The number of amides is 1. The summed E-state index contributed by atoms with van der Waals surface area (Å²) in [7, 11) is 0. The molecule has 1 N–H and O–H groups in total. The number of nitrogens with one attached hydrogen (secondary N) is 1. The maximum absolute atomic E-state index is 13.0. The van der Waals surface area contributed by atoms with Crippen molar-refractivity contribution < 1.29 is 13.7 Å². The fourth-order valence-corrected chi connectivity index (χ4v) is 3.97. The van der Waals surface area contributed by atoms with E-state index in [1.165, 1.54) is 25.0 Å². The van der Waals surface area contributed by atoms with Gasteiger partial charge in [0.2, 0.25) is 17.6 Å². The van der Waals surface area contributed by atoms with Crippen LogP contribution in [0.2, 0.25) is 0 Å². The maximum atomic E-state index is 13.0. The molecule has 2 aromatic heterocycles. The Bertz CT molecular complexity index is 1220. The number of benzene rings is 2. The zero-order valence-corrected chi connectivity index (χ0v) is 18.1. The summed E-state index contributed by atoms with van der Waals surface area (Å²) in [6.07, 6.45) is 6.95. The molecule has 5 rings (SSSR count). The molecule has 0 saturated heterocycles. The van der Waals surface area contributed by atoms with Crippen molar-refractivity contribution in [2.24, 2.45) is 0 Å². The third kappa shape index (κ3) is 5.00. The molecule has 0 bridgehead atoms. The van der Waals surface area contributed by atoms with Crippen molar-refractivity contribution in [2.45, 2.75) is 45.1 Å². The summed E-state index contributed by atoms with van der Waals surface area (Å²) in [6, 6.07) is 13.7. The first kappa shape index (κ1) is 21.1. The molecule has 8 heteroatoms. The number of hydrogen-bond acceptors (Lipinski definition) is 5. The van der Waals surface area contributed by atoms with Crippen molar-refractivity contribution in [3.05, 3.63) is 72.3 Å². The Labute approximate surface area is 190 Å². The third-order valence-corrected chi connectivity index (χ3v) is 5.74. The van der Waals surface area contributed by atoms with Crippen molar-refractivity contribution in [1.29, 1.82) is 0 Å². The number of fused-ring (bicyclic) bond motifs is 1. The second-order valence-corrected chi connectivity index (χ2v) is 8.19. The lowest BCUT2D eigenvalue weighted by atomic mass is 10.1. The molecule has 2 aromatic carbocycles. The standard InChI is InChI=1S/C25H24FN5O2/c26-19-11-7-18(8-12-19)25-29-24(33-30-25)6-3-5-23(32)27-20-13-9-17(10-14-20)21-16-31-15-2-1-4-22(31)28-21/h7-14,16H,1-6,15H2,(H,27,32). The molecule has 0 spiro atoms. The van der Waals surface area contributed by atoms with Crippen LogP contribution in [0.4, 0.5) is 10.1 Å². The molecular weight excluding hydrogens is 421 g/mol. The first-order valence-electron chi connectivity index (χ1n) is 11.2. The van der Waals surface area contributed by atoms with E-state index < -0.39 is 0 Å². The molecule has 1 aliphatic rings. The van der Waals surface area contributed by atoms with Crippen LogP contribution < -0.4 is 5.32 Å². The van der Waals surface area contributed by atoms with Crippen LogP contribution in [0.1, 0.15) is 37.4 Å². The molecular formula is C25H24FN5O2. The van der Waals surface area contributed by atoms with Gasteiger partial charge in [0.15, 0.2) is 0 Å². The highest BCUT2D eigenvalue weighted by atomic mass is 19.1. The Morgan fingerprint density at radius 1 is 1.03 bits per heavy atom. The largest absolute Gasteiger partial charge is 0.339 e. The van der Waals surface area contributed by atoms with Gasteiger partial charge in [-0.05, 0) is 55.7 Å². The molecule has 0 saturated carbocycles. The summed E-state index contributed by atoms with van der Waals surface area (Å²) in [5, 5.41) is 6.85. The normalized spacial score (nSPS) is 13.0. The number of aryl methyl sites for hydroxylation is 3. The summed E-state index contributed by atoms with van der Waals surface area (Å²) in [5.41, 5.74) is 3.46. The molecule has 0 aliphatic carbocycles. The monoisotopic (exact) mass is 445 g/mol. The highest BCUT2D eigenvalue weighted by Gasteiger charge is 2.14. The predicted octanol–water partition coefficient (Wildman–Crippen LogP) is 5.04. The van der Waals surface area contributed by atoms with E-state index in [4.69, 9.17) is 9.51 Å². The predicted molar refractivity (Wildman–Crippen MR) is 122 cm³/mol. The summed E-state index contributed by atoms with van der Waals surface area (Å²) in [4.78, 5) is 21.4. The first-order chi connectivity index (χ1) is 16.1. The number of imidazole rings is 1. The van der Waals surface area contributed by atoms with Gasteiger partial charge in [-0.25, -0.2) is 9.37 Å². The zero-order chi connectivity index (χ0) is 22.6. The molecule has 1 aliphatic heterocycles. The molecule has 168 valence electrons. The van der Waals surface area contributed by atoms with Crippen molar-refractivity contribution in [3.8, 4) is 22.6 Å². The lowest BCUT2D eigenvalue weighted by Gasteiger charge is -2.11. The first-order valence-corrected chi connectivity index (χ1v) is 11.2. The topological polar surface area (TPSA) is 85.8 Å². The number of carbonyl (C=O) groups excluding carboxylic acids is 1. The molecule has 7 nitrogen and oxygen atoms in total. The average molecular weight is 445 g/mol. The highest BCUT2D eigenvalue weighted by Crippen LogP contribution is 2.24. The van der Waals surface area contributed by atoms with E-state index >= 15 is 0 Å². The zero-order valence-electron chi connectivity index (χ0n) is 18.1. The van der Waals surface area contributed by atoms with Crippen LogP contribution in [-0.4, -0.2) is 25.6 Å².